The highest BCUT2D eigenvalue weighted by molar-refractivity contribution is 14.1. The fourth-order valence-electron chi connectivity index (χ4n) is 2.44. The number of furan rings is 1. The van der Waals surface area contributed by atoms with Gasteiger partial charge in [-0.2, -0.15) is 0 Å². The third kappa shape index (κ3) is 4.09. The Labute approximate surface area is 111 Å². The molecular weight excluding hydrogens is 313 g/mol. The molecule has 0 radical (unpaired) electrons. The maximum absolute atomic E-state index is 5.50. The van der Waals surface area contributed by atoms with Crippen LogP contribution in [0.1, 0.15) is 44.3 Å². The second kappa shape index (κ2) is 6.64. The molecule has 1 fully saturated rings. The highest BCUT2D eigenvalue weighted by Crippen LogP contribution is 2.25. The maximum atomic E-state index is 5.50. The molecule has 0 saturated heterocycles. The minimum atomic E-state index is 0.871. The molecule has 0 aromatic carbocycles. The van der Waals surface area contributed by atoms with Crippen molar-refractivity contribution in [1.82, 2.24) is 5.32 Å². The summed E-state index contributed by atoms with van der Waals surface area (Å²) >= 11 is 2.20. The van der Waals surface area contributed by atoms with Gasteiger partial charge < -0.3 is 9.73 Å². The summed E-state index contributed by atoms with van der Waals surface area (Å²) in [5, 5.41) is 3.47. The molecule has 16 heavy (non-hydrogen) atoms. The topological polar surface area (TPSA) is 25.2 Å². The van der Waals surface area contributed by atoms with Crippen LogP contribution in [-0.4, -0.2) is 6.54 Å². The smallest absolute Gasteiger partial charge is 0.164 e. The normalized spacial score (nSPS) is 17.8. The second-order valence-corrected chi connectivity index (χ2v) is 5.74. The van der Waals surface area contributed by atoms with Gasteiger partial charge in [0.2, 0.25) is 0 Å². The van der Waals surface area contributed by atoms with E-state index in [2.05, 4.69) is 34.0 Å². The van der Waals surface area contributed by atoms with Crippen LogP contribution in [0.4, 0.5) is 0 Å². The van der Waals surface area contributed by atoms with Crippen LogP contribution < -0.4 is 5.32 Å². The molecule has 1 N–H and O–H groups in total. The molecule has 0 aliphatic heterocycles. The van der Waals surface area contributed by atoms with Crippen molar-refractivity contribution < 1.29 is 4.42 Å². The Morgan fingerprint density at radius 3 is 2.75 bits per heavy atom. The molecule has 1 aromatic rings. The summed E-state index contributed by atoms with van der Waals surface area (Å²) in [6, 6.07) is 4.06. The number of hydrogen-bond acceptors (Lipinski definition) is 2. The monoisotopic (exact) mass is 333 g/mol. The van der Waals surface area contributed by atoms with E-state index in [1.165, 1.54) is 38.5 Å². The summed E-state index contributed by atoms with van der Waals surface area (Å²) in [6.45, 7) is 2.00. The molecule has 0 atom stereocenters. The fourth-order valence-corrected chi connectivity index (χ4v) is 2.90. The van der Waals surface area contributed by atoms with Crippen molar-refractivity contribution >= 4 is 22.6 Å². The van der Waals surface area contributed by atoms with Gasteiger partial charge in [-0.25, -0.2) is 0 Å². The number of nitrogens with one attached hydrogen (secondary N) is 1. The van der Waals surface area contributed by atoms with Crippen molar-refractivity contribution in [2.45, 2.75) is 45.1 Å². The first-order valence-electron chi connectivity index (χ1n) is 6.29. The minimum Gasteiger partial charge on any atom is -0.454 e. The van der Waals surface area contributed by atoms with Gasteiger partial charge in [-0.1, -0.05) is 32.1 Å². The molecular formula is C13H20INO. The summed E-state index contributed by atoms with van der Waals surface area (Å²) in [7, 11) is 0. The van der Waals surface area contributed by atoms with E-state index < -0.39 is 0 Å². The lowest BCUT2D eigenvalue weighted by Crippen LogP contribution is -2.18. The molecule has 2 rings (SSSR count). The Hall–Kier alpha value is -0.0300. The van der Waals surface area contributed by atoms with Gasteiger partial charge in [-0.3, -0.25) is 0 Å². The third-order valence-electron chi connectivity index (χ3n) is 3.38. The SMILES string of the molecule is Ic1ccc(CNCCC2CCCCC2)o1. The fraction of sp³-hybridized carbons (Fsp3) is 0.692. The summed E-state index contributed by atoms with van der Waals surface area (Å²) in [4.78, 5) is 0. The molecule has 0 bridgehead atoms. The molecule has 1 heterocycles. The van der Waals surface area contributed by atoms with Gasteiger partial charge in [-0.05, 0) is 53.6 Å². The maximum Gasteiger partial charge on any atom is 0.164 e. The Bertz CT molecular complexity index is 305. The van der Waals surface area contributed by atoms with E-state index in [1.54, 1.807) is 0 Å². The zero-order chi connectivity index (χ0) is 11.2. The quantitative estimate of drug-likeness (QED) is 0.652. The average Bonchev–Trinajstić information content (AvgIpc) is 2.72. The molecule has 1 aliphatic rings. The standard InChI is InChI=1S/C13H20INO/c14-13-7-6-12(16-13)10-15-9-8-11-4-2-1-3-5-11/h6-7,11,15H,1-5,8-10H2. The predicted octanol–water partition coefficient (Wildman–Crippen LogP) is 3.94. The van der Waals surface area contributed by atoms with E-state index >= 15 is 0 Å². The summed E-state index contributed by atoms with van der Waals surface area (Å²) in [5.74, 6) is 2.02. The first kappa shape index (κ1) is 12.4. The van der Waals surface area contributed by atoms with Crippen LogP contribution in [0.15, 0.2) is 16.5 Å². The van der Waals surface area contributed by atoms with Crippen LogP contribution in [0.5, 0.6) is 0 Å². The van der Waals surface area contributed by atoms with Crippen LogP contribution in [0.2, 0.25) is 0 Å². The van der Waals surface area contributed by atoms with Crippen LogP contribution in [0.25, 0.3) is 0 Å². The lowest BCUT2D eigenvalue weighted by atomic mass is 9.87. The summed E-state index contributed by atoms with van der Waals surface area (Å²) < 4.78 is 6.47. The predicted molar refractivity (Wildman–Crippen MR) is 74.3 cm³/mol. The molecule has 0 spiro atoms. The van der Waals surface area contributed by atoms with E-state index in [1.807, 2.05) is 6.07 Å². The largest absolute Gasteiger partial charge is 0.454 e. The second-order valence-electron chi connectivity index (χ2n) is 4.68. The number of halogens is 1. The zero-order valence-corrected chi connectivity index (χ0v) is 11.8. The third-order valence-corrected chi connectivity index (χ3v) is 3.96. The van der Waals surface area contributed by atoms with Crippen LogP contribution in [0.3, 0.4) is 0 Å². The van der Waals surface area contributed by atoms with Crippen molar-refractivity contribution in [1.29, 1.82) is 0 Å². The molecule has 1 aromatic heterocycles. The molecule has 1 aliphatic carbocycles. The average molecular weight is 333 g/mol. The lowest BCUT2D eigenvalue weighted by Gasteiger charge is -2.21. The van der Waals surface area contributed by atoms with Gasteiger partial charge in [0.25, 0.3) is 0 Å². The molecule has 1 saturated carbocycles. The van der Waals surface area contributed by atoms with E-state index in [-0.39, 0.29) is 0 Å². The molecule has 90 valence electrons. The van der Waals surface area contributed by atoms with E-state index in [0.29, 0.717) is 0 Å². The Kier molecular flexibility index (Phi) is 5.16. The van der Waals surface area contributed by atoms with E-state index in [4.69, 9.17) is 4.42 Å². The minimum absolute atomic E-state index is 0.871. The Balaban J connectivity index is 1.57. The van der Waals surface area contributed by atoms with Gasteiger partial charge in [0.15, 0.2) is 3.77 Å². The molecule has 3 heteroatoms. The van der Waals surface area contributed by atoms with E-state index in [9.17, 15) is 0 Å². The highest BCUT2D eigenvalue weighted by Gasteiger charge is 2.12. The van der Waals surface area contributed by atoms with Crippen LogP contribution in [-0.2, 0) is 6.54 Å². The Morgan fingerprint density at radius 1 is 1.25 bits per heavy atom. The highest BCUT2D eigenvalue weighted by atomic mass is 127. The summed E-state index contributed by atoms with van der Waals surface area (Å²) in [6.07, 6.45) is 8.56. The van der Waals surface area contributed by atoms with Crippen molar-refractivity contribution in [3.63, 3.8) is 0 Å². The zero-order valence-electron chi connectivity index (χ0n) is 9.68. The van der Waals surface area contributed by atoms with Gasteiger partial charge in [0.1, 0.15) is 5.76 Å². The number of rotatable bonds is 5. The van der Waals surface area contributed by atoms with Crippen LogP contribution in [0, 0.1) is 9.68 Å². The van der Waals surface area contributed by atoms with Crippen molar-refractivity contribution in [3.8, 4) is 0 Å². The van der Waals surface area contributed by atoms with Gasteiger partial charge in [-0.15, -0.1) is 0 Å². The Morgan fingerprint density at radius 2 is 2.06 bits per heavy atom. The molecule has 0 unspecified atom stereocenters. The molecule has 0 amide bonds. The van der Waals surface area contributed by atoms with Crippen molar-refractivity contribution in [2.75, 3.05) is 6.54 Å². The van der Waals surface area contributed by atoms with Gasteiger partial charge in [0.05, 0.1) is 6.54 Å². The first-order valence-corrected chi connectivity index (χ1v) is 7.37. The van der Waals surface area contributed by atoms with Crippen molar-refractivity contribution in [2.24, 2.45) is 5.92 Å². The first-order chi connectivity index (χ1) is 7.84. The van der Waals surface area contributed by atoms with Gasteiger partial charge >= 0.3 is 0 Å². The van der Waals surface area contributed by atoms with E-state index in [0.717, 1.165) is 28.5 Å². The summed E-state index contributed by atoms with van der Waals surface area (Å²) in [5.41, 5.74) is 0. The lowest BCUT2D eigenvalue weighted by molar-refractivity contribution is 0.331. The molecule has 2 nitrogen and oxygen atoms in total. The number of hydrogen-bond donors (Lipinski definition) is 1. The van der Waals surface area contributed by atoms with Crippen LogP contribution >= 0.6 is 22.6 Å². The van der Waals surface area contributed by atoms with Gasteiger partial charge in [0, 0.05) is 0 Å². The van der Waals surface area contributed by atoms with Crippen molar-refractivity contribution in [3.05, 3.63) is 21.7 Å².